The van der Waals surface area contributed by atoms with Crippen LogP contribution in [0.2, 0.25) is 5.15 Å². The SMILES string of the molecule is C[C@H](OC(=O)c1ccccc1)[C@H]1O[C@@H](n2cnc3c(Cl)nc(N)nc32)[C@H](OC(=O)c2ccccc2)[C@@H]1OC(=O)c1ccccc1. The average Bonchev–Trinajstić information content (AvgIpc) is 3.63. The van der Waals surface area contributed by atoms with Crippen LogP contribution in [0, 0.1) is 0 Å². The number of nitrogen functional groups attached to an aromatic ring is 1. The number of nitrogens with two attached hydrogens (primary N) is 1. The molecule has 1 fully saturated rings. The number of nitrogens with zero attached hydrogens (tertiary/aromatic N) is 4. The number of imidazole rings is 1. The molecule has 3 heterocycles. The third kappa shape index (κ3) is 6.19. The summed E-state index contributed by atoms with van der Waals surface area (Å²) in [5.41, 5.74) is 7.10. The van der Waals surface area contributed by atoms with Gasteiger partial charge in [-0.1, -0.05) is 66.2 Å². The first-order valence-corrected chi connectivity index (χ1v) is 14.3. The second-order valence-corrected chi connectivity index (χ2v) is 10.5. The highest BCUT2D eigenvalue weighted by atomic mass is 35.5. The summed E-state index contributed by atoms with van der Waals surface area (Å²) in [7, 11) is 0. The summed E-state index contributed by atoms with van der Waals surface area (Å²) in [6.07, 6.45) is -4.45. The Bertz CT molecular complexity index is 1840. The highest BCUT2D eigenvalue weighted by molar-refractivity contribution is 6.33. The van der Waals surface area contributed by atoms with Crippen molar-refractivity contribution in [2.24, 2.45) is 0 Å². The number of anilines is 1. The van der Waals surface area contributed by atoms with Crippen LogP contribution < -0.4 is 5.73 Å². The van der Waals surface area contributed by atoms with Crippen molar-refractivity contribution in [3.05, 3.63) is 119 Å². The molecule has 13 heteroatoms. The fourth-order valence-corrected chi connectivity index (χ4v) is 5.24. The molecule has 6 rings (SSSR count). The molecule has 0 amide bonds. The van der Waals surface area contributed by atoms with Gasteiger partial charge in [-0.2, -0.15) is 9.97 Å². The van der Waals surface area contributed by atoms with Gasteiger partial charge in [-0.15, -0.1) is 0 Å². The summed E-state index contributed by atoms with van der Waals surface area (Å²) in [5.74, 6) is -2.16. The van der Waals surface area contributed by atoms with Crippen LogP contribution >= 0.6 is 11.6 Å². The van der Waals surface area contributed by atoms with E-state index in [2.05, 4.69) is 15.0 Å². The van der Waals surface area contributed by atoms with Crippen molar-refractivity contribution in [3.8, 4) is 0 Å². The molecule has 1 aliphatic rings. The third-order valence-electron chi connectivity index (χ3n) is 7.17. The summed E-state index contributed by atoms with van der Waals surface area (Å²) in [4.78, 5) is 52.4. The van der Waals surface area contributed by atoms with E-state index in [0.717, 1.165) is 0 Å². The quantitative estimate of drug-likeness (QED) is 0.145. The van der Waals surface area contributed by atoms with E-state index in [-0.39, 0.29) is 33.4 Å². The van der Waals surface area contributed by atoms with Gasteiger partial charge in [0.15, 0.2) is 29.2 Å². The number of rotatable bonds is 8. The van der Waals surface area contributed by atoms with Gasteiger partial charge >= 0.3 is 17.9 Å². The molecule has 2 aromatic heterocycles. The first-order chi connectivity index (χ1) is 21.8. The molecule has 45 heavy (non-hydrogen) atoms. The Labute approximate surface area is 261 Å². The molecule has 1 saturated heterocycles. The van der Waals surface area contributed by atoms with Gasteiger partial charge in [-0.05, 0) is 43.3 Å². The van der Waals surface area contributed by atoms with Gasteiger partial charge in [0.25, 0.3) is 0 Å². The van der Waals surface area contributed by atoms with E-state index in [0.29, 0.717) is 5.56 Å². The van der Waals surface area contributed by atoms with E-state index in [1.165, 1.54) is 10.9 Å². The third-order valence-corrected chi connectivity index (χ3v) is 7.43. The van der Waals surface area contributed by atoms with Gasteiger partial charge in [-0.25, -0.2) is 19.4 Å². The van der Waals surface area contributed by atoms with Gasteiger partial charge in [-0.3, -0.25) is 4.57 Å². The normalized spacial score (nSPS) is 20.0. The lowest BCUT2D eigenvalue weighted by Crippen LogP contribution is -2.44. The predicted molar refractivity (Wildman–Crippen MR) is 161 cm³/mol. The van der Waals surface area contributed by atoms with Crippen LogP contribution in [0.4, 0.5) is 5.95 Å². The molecular weight excluding hydrogens is 602 g/mol. The minimum atomic E-state index is -1.28. The van der Waals surface area contributed by atoms with Crippen molar-refractivity contribution in [2.75, 3.05) is 5.73 Å². The first kappa shape index (κ1) is 29.7. The number of aromatic nitrogens is 4. The highest BCUT2D eigenvalue weighted by Crippen LogP contribution is 2.39. The first-order valence-electron chi connectivity index (χ1n) is 13.9. The second kappa shape index (κ2) is 12.7. The van der Waals surface area contributed by atoms with Gasteiger partial charge in [0.05, 0.1) is 23.0 Å². The number of hydrogen-bond acceptors (Lipinski definition) is 11. The maximum absolute atomic E-state index is 13.4. The number of carbonyl (C=O) groups is 3. The van der Waals surface area contributed by atoms with E-state index in [1.807, 2.05) is 0 Å². The summed E-state index contributed by atoms with van der Waals surface area (Å²) < 4.78 is 25.7. The summed E-state index contributed by atoms with van der Waals surface area (Å²) >= 11 is 6.28. The van der Waals surface area contributed by atoms with Crippen molar-refractivity contribution in [3.63, 3.8) is 0 Å². The molecule has 0 saturated carbocycles. The number of hydrogen-bond donors (Lipinski definition) is 1. The molecule has 0 spiro atoms. The Morgan fingerprint density at radius 3 is 1.87 bits per heavy atom. The van der Waals surface area contributed by atoms with Crippen LogP contribution in [0.25, 0.3) is 11.2 Å². The molecule has 0 unspecified atom stereocenters. The van der Waals surface area contributed by atoms with E-state index in [4.69, 9.17) is 36.3 Å². The lowest BCUT2D eigenvalue weighted by atomic mass is 10.0. The second-order valence-electron chi connectivity index (χ2n) is 10.1. The smallest absolute Gasteiger partial charge is 0.338 e. The van der Waals surface area contributed by atoms with E-state index in [9.17, 15) is 14.4 Å². The molecule has 0 aliphatic carbocycles. The fourth-order valence-electron chi connectivity index (χ4n) is 5.02. The van der Waals surface area contributed by atoms with Crippen LogP contribution in [0.15, 0.2) is 97.3 Å². The molecule has 2 N–H and O–H groups in total. The van der Waals surface area contributed by atoms with E-state index < -0.39 is 48.6 Å². The van der Waals surface area contributed by atoms with Gasteiger partial charge in [0.1, 0.15) is 17.7 Å². The van der Waals surface area contributed by atoms with Crippen LogP contribution in [0.5, 0.6) is 0 Å². The summed E-state index contributed by atoms with van der Waals surface area (Å²) in [6.45, 7) is 1.59. The van der Waals surface area contributed by atoms with Crippen LogP contribution in [0.3, 0.4) is 0 Å². The van der Waals surface area contributed by atoms with Crippen molar-refractivity contribution in [1.29, 1.82) is 0 Å². The Morgan fingerprint density at radius 1 is 0.800 bits per heavy atom. The molecular formula is C32H26ClN5O7. The molecule has 228 valence electrons. The minimum absolute atomic E-state index is 0.000779. The number of esters is 3. The minimum Gasteiger partial charge on any atom is -0.456 e. The van der Waals surface area contributed by atoms with Crippen molar-refractivity contribution in [1.82, 2.24) is 19.5 Å². The number of benzene rings is 3. The largest absolute Gasteiger partial charge is 0.456 e. The van der Waals surface area contributed by atoms with Crippen LogP contribution in [0.1, 0.15) is 44.2 Å². The van der Waals surface area contributed by atoms with Crippen molar-refractivity contribution in [2.45, 2.75) is 37.6 Å². The number of ether oxygens (including phenoxy) is 4. The molecule has 3 aromatic carbocycles. The van der Waals surface area contributed by atoms with Crippen LogP contribution in [-0.2, 0) is 18.9 Å². The number of halogens is 1. The zero-order valence-corrected chi connectivity index (χ0v) is 24.5. The molecule has 5 aromatic rings. The van der Waals surface area contributed by atoms with Crippen molar-refractivity contribution < 1.29 is 33.3 Å². The highest BCUT2D eigenvalue weighted by Gasteiger charge is 2.54. The molecule has 12 nitrogen and oxygen atoms in total. The predicted octanol–water partition coefficient (Wildman–Crippen LogP) is 4.66. The fraction of sp³-hybridized carbons (Fsp3) is 0.188. The maximum Gasteiger partial charge on any atom is 0.338 e. The average molecular weight is 628 g/mol. The monoisotopic (exact) mass is 627 g/mol. The Balaban J connectivity index is 1.42. The van der Waals surface area contributed by atoms with Gasteiger partial charge in [0, 0.05) is 0 Å². The lowest BCUT2D eigenvalue weighted by molar-refractivity contribution is -0.0869. The zero-order chi connectivity index (χ0) is 31.5. The standard InChI is InChI=1S/C32H26ClN5O7/c1-18(42-29(39)19-11-5-2-6-12-19)23-24(44-30(40)20-13-7-3-8-14-20)25(45-31(41)21-15-9-4-10-16-21)28(43-23)38-17-35-22-26(33)36-32(34)37-27(22)38/h2-18,23-25,28H,1H3,(H2,34,36,37)/t18-,23+,24+,25+,28+/m0/s1. The van der Waals surface area contributed by atoms with Gasteiger partial charge < -0.3 is 24.7 Å². The molecule has 0 radical (unpaired) electrons. The molecule has 5 atom stereocenters. The topological polar surface area (TPSA) is 158 Å². The number of fused-ring (bicyclic) bond motifs is 1. The van der Waals surface area contributed by atoms with E-state index >= 15 is 0 Å². The van der Waals surface area contributed by atoms with Gasteiger partial charge in [0.2, 0.25) is 5.95 Å². The maximum atomic E-state index is 13.4. The molecule has 0 bridgehead atoms. The molecule has 1 aliphatic heterocycles. The number of carbonyl (C=O) groups excluding carboxylic acids is 3. The Kier molecular flexibility index (Phi) is 8.41. The Morgan fingerprint density at radius 2 is 1.31 bits per heavy atom. The summed E-state index contributed by atoms with van der Waals surface area (Å²) in [6, 6.07) is 25.0. The lowest BCUT2D eigenvalue weighted by Gasteiger charge is -2.27. The van der Waals surface area contributed by atoms with Crippen molar-refractivity contribution >= 4 is 46.6 Å². The van der Waals surface area contributed by atoms with Crippen LogP contribution in [-0.4, -0.2) is 61.8 Å². The van der Waals surface area contributed by atoms with E-state index in [1.54, 1.807) is 97.9 Å². The summed E-state index contributed by atoms with van der Waals surface area (Å²) in [5, 5.41) is 0.000779. The zero-order valence-electron chi connectivity index (χ0n) is 23.7. The Hall–Kier alpha value is -5.33.